The second-order valence-corrected chi connectivity index (χ2v) is 5.43. The molecule has 8 heteroatoms. The Kier molecular flexibility index (Phi) is 3.87. The molecule has 1 aliphatic heterocycles. The number of anilines is 3. The number of aromatic amines is 1. The van der Waals surface area contributed by atoms with Crippen LogP contribution in [0.15, 0.2) is 30.6 Å². The Bertz CT molecular complexity index is 843. The van der Waals surface area contributed by atoms with Gasteiger partial charge in [0.2, 0.25) is 5.95 Å². The molecule has 1 saturated heterocycles. The summed E-state index contributed by atoms with van der Waals surface area (Å²) in [4.78, 5) is 18.8. The van der Waals surface area contributed by atoms with Crippen molar-refractivity contribution in [2.45, 2.75) is 0 Å². The molecule has 0 aliphatic carbocycles. The molecular weight excluding hydrogens is 308 g/mol. The topological polar surface area (TPSA) is 88.2 Å². The van der Waals surface area contributed by atoms with Crippen molar-refractivity contribution in [1.29, 1.82) is 0 Å². The average Bonchev–Trinajstić information content (AvgIpc) is 3.10. The minimum absolute atomic E-state index is 0.504. The summed E-state index contributed by atoms with van der Waals surface area (Å²) in [5, 5.41) is 3.23. The maximum atomic E-state index is 5.43. The lowest BCUT2D eigenvalue weighted by atomic mass is 10.3. The summed E-state index contributed by atoms with van der Waals surface area (Å²) < 4.78 is 10.7. The van der Waals surface area contributed by atoms with Gasteiger partial charge in [-0.25, -0.2) is 4.98 Å². The first-order valence-corrected chi connectivity index (χ1v) is 7.78. The van der Waals surface area contributed by atoms with Crippen molar-refractivity contribution < 1.29 is 9.47 Å². The number of rotatable bonds is 4. The predicted octanol–water partition coefficient (Wildman–Crippen LogP) is 1.94. The number of imidazole rings is 1. The van der Waals surface area contributed by atoms with Gasteiger partial charge >= 0.3 is 0 Å². The molecule has 0 spiro atoms. The lowest BCUT2D eigenvalue weighted by molar-refractivity contribution is 0.122. The predicted molar refractivity (Wildman–Crippen MR) is 91.0 cm³/mol. The van der Waals surface area contributed by atoms with Crippen LogP contribution < -0.4 is 15.0 Å². The quantitative estimate of drug-likeness (QED) is 0.757. The number of aromatic nitrogens is 4. The lowest BCUT2D eigenvalue weighted by Crippen LogP contribution is -2.37. The van der Waals surface area contributed by atoms with Crippen molar-refractivity contribution >= 4 is 28.6 Å². The molecule has 1 aliphatic rings. The van der Waals surface area contributed by atoms with E-state index in [-0.39, 0.29) is 0 Å². The first-order chi connectivity index (χ1) is 11.8. The maximum Gasteiger partial charge on any atom is 0.231 e. The average molecular weight is 326 g/mol. The number of hydrogen-bond acceptors (Lipinski definition) is 7. The lowest BCUT2D eigenvalue weighted by Gasteiger charge is -2.28. The minimum atomic E-state index is 0.504. The zero-order valence-corrected chi connectivity index (χ0v) is 13.3. The van der Waals surface area contributed by atoms with Gasteiger partial charge in [0.25, 0.3) is 0 Å². The molecule has 0 saturated carbocycles. The van der Waals surface area contributed by atoms with Gasteiger partial charge in [-0.2, -0.15) is 9.97 Å². The molecule has 0 amide bonds. The van der Waals surface area contributed by atoms with Gasteiger partial charge in [0.1, 0.15) is 11.3 Å². The number of morpholine rings is 1. The second-order valence-electron chi connectivity index (χ2n) is 5.43. The van der Waals surface area contributed by atoms with E-state index in [0.717, 1.165) is 35.9 Å². The Morgan fingerprint density at radius 1 is 1.25 bits per heavy atom. The molecule has 1 fully saturated rings. The molecule has 3 aromatic rings. The summed E-state index contributed by atoms with van der Waals surface area (Å²) in [6.07, 6.45) is 1.64. The molecule has 3 heterocycles. The molecule has 0 radical (unpaired) electrons. The van der Waals surface area contributed by atoms with Crippen LogP contribution in [0.2, 0.25) is 0 Å². The summed E-state index contributed by atoms with van der Waals surface area (Å²) in [6.45, 7) is 2.98. The first kappa shape index (κ1) is 14.7. The van der Waals surface area contributed by atoms with E-state index < -0.39 is 0 Å². The fourth-order valence-electron chi connectivity index (χ4n) is 2.71. The van der Waals surface area contributed by atoms with E-state index in [0.29, 0.717) is 24.8 Å². The third kappa shape index (κ3) is 2.83. The molecule has 0 unspecified atom stereocenters. The fraction of sp³-hybridized carbons (Fsp3) is 0.312. The third-order valence-electron chi connectivity index (χ3n) is 3.90. The van der Waals surface area contributed by atoms with Crippen LogP contribution in [0, 0.1) is 0 Å². The van der Waals surface area contributed by atoms with E-state index in [1.54, 1.807) is 13.4 Å². The Balaban J connectivity index is 1.70. The highest BCUT2D eigenvalue weighted by Gasteiger charge is 2.18. The zero-order valence-electron chi connectivity index (χ0n) is 13.3. The van der Waals surface area contributed by atoms with Crippen molar-refractivity contribution in [3.63, 3.8) is 0 Å². The van der Waals surface area contributed by atoms with Crippen LogP contribution in [-0.4, -0.2) is 53.3 Å². The van der Waals surface area contributed by atoms with Crippen molar-refractivity contribution in [2.75, 3.05) is 43.6 Å². The van der Waals surface area contributed by atoms with Gasteiger partial charge in [-0.15, -0.1) is 0 Å². The number of H-pyrrole nitrogens is 1. The van der Waals surface area contributed by atoms with Crippen LogP contribution in [0.1, 0.15) is 0 Å². The van der Waals surface area contributed by atoms with Gasteiger partial charge in [-0.05, 0) is 12.1 Å². The maximum absolute atomic E-state index is 5.43. The van der Waals surface area contributed by atoms with Crippen molar-refractivity contribution in [2.24, 2.45) is 0 Å². The van der Waals surface area contributed by atoms with Crippen molar-refractivity contribution in [3.8, 4) is 5.75 Å². The molecule has 2 N–H and O–H groups in total. The highest BCUT2D eigenvalue weighted by atomic mass is 16.5. The van der Waals surface area contributed by atoms with Crippen LogP contribution in [0.4, 0.5) is 17.5 Å². The number of nitrogens with zero attached hydrogens (tertiary/aromatic N) is 4. The van der Waals surface area contributed by atoms with Gasteiger partial charge in [0, 0.05) is 24.8 Å². The largest absolute Gasteiger partial charge is 0.497 e. The van der Waals surface area contributed by atoms with Crippen LogP contribution in [0.5, 0.6) is 5.75 Å². The summed E-state index contributed by atoms with van der Waals surface area (Å²) in [5.41, 5.74) is 2.34. The SMILES string of the molecule is COc1cccc(Nc2nc(N3CCOCC3)c3[nH]cnc3n2)c1. The molecule has 0 bridgehead atoms. The van der Waals surface area contributed by atoms with Gasteiger partial charge in [0.15, 0.2) is 11.5 Å². The summed E-state index contributed by atoms with van der Waals surface area (Å²) in [5.74, 6) is 2.12. The van der Waals surface area contributed by atoms with Gasteiger partial charge in [0.05, 0.1) is 26.7 Å². The molecule has 24 heavy (non-hydrogen) atoms. The molecule has 0 atom stereocenters. The minimum Gasteiger partial charge on any atom is -0.497 e. The zero-order chi connectivity index (χ0) is 16.4. The summed E-state index contributed by atoms with van der Waals surface area (Å²) in [6, 6.07) is 7.64. The van der Waals surface area contributed by atoms with Gasteiger partial charge < -0.3 is 24.7 Å². The van der Waals surface area contributed by atoms with Crippen molar-refractivity contribution in [3.05, 3.63) is 30.6 Å². The number of hydrogen-bond donors (Lipinski definition) is 2. The van der Waals surface area contributed by atoms with E-state index in [1.165, 1.54) is 0 Å². The molecule has 8 nitrogen and oxygen atoms in total. The second kappa shape index (κ2) is 6.32. The number of nitrogens with one attached hydrogen (secondary N) is 2. The van der Waals surface area contributed by atoms with E-state index in [2.05, 4.69) is 30.2 Å². The van der Waals surface area contributed by atoms with Crippen molar-refractivity contribution in [1.82, 2.24) is 19.9 Å². The van der Waals surface area contributed by atoms with Crippen LogP contribution in [-0.2, 0) is 4.74 Å². The van der Waals surface area contributed by atoms with E-state index >= 15 is 0 Å². The molecular formula is C16H18N6O2. The highest BCUT2D eigenvalue weighted by Crippen LogP contribution is 2.26. The van der Waals surface area contributed by atoms with Gasteiger partial charge in [-0.3, -0.25) is 0 Å². The fourth-order valence-corrected chi connectivity index (χ4v) is 2.71. The van der Waals surface area contributed by atoms with E-state index in [4.69, 9.17) is 9.47 Å². The molecule has 124 valence electrons. The number of benzene rings is 1. The van der Waals surface area contributed by atoms with Crippen LogP contribution in [0.3, 0.4) is 0 Å². The van der Waals surface area contributed by atoms with E-state index in [1.807, 2.05) is 24.3 Å². The summed E-state index contributed by atoms with van der Waals surface area (Å²) >= 11 is 0. The van der Waals surface area contributed by atoms with Crippen LogP contribution in [0.25, 0.3) is 11.2 Å². The normalized spacial score (nSPS) is 14.8. The van der Waals surface area contributed by atoms with E-state index in [9.17, 15) is 0 Å². The third-order valence-corrected chi connectivity index (χ3v) is 3.90. The Hall–Kier alpha value is -2.87. The number of fused-ring (bicyclic) bond motifs is 1. The number of methoxy groups -OCH3 is 1. The Morgan fingerprint density at radius 2 is 2.12 bits per heavy atom. The summed E-state index contributed by atoms with van der Waals surface area (Å²) in [7, 11) is 1.64. The molecule has 1 aromatic carbocycles. The first-order valence-electron chi connectivity index (χ1n) is 7.78. The Labute approximate surface area is 138 Å². The van der Waals surface area contributed by atoms with Crippen LogP contribution >= 0.6 is 0 Å². The smallest absolute Gasteiger partial charge is 0.231 e. The molecule has 2 aromatic heterocycles. The Morgan fingerprint density at radius 3 is 2.96 bits per heavy atom. The highest BCUT2D eigenvalue weighted by molar-refractivity contribution is 5.84. The molecule has 4 rings (SSSR count). The number of ether oxygens (including phenoxy) is 2. The monoisotopic (exact) mass is 326 g/mol. The standard InChI is InChI=1S/C16H18N6O2/c1-23-12-4-2-3-11(9-12)19-16-20-14-13(17-10-18-14)15(21-16)22-5-7-24-8-6-22/h2-4,9-10H,5-8H2,1H3,(H2,17,18,19,20,21). The van der Waals surface area contributed by atoms with Gasteiger partial charge in [-0.1, -0.05) is 6.07 Å².